The number of rotatable bonds is 1. The maximum atomic E-state index is 10.0. The van der Waals surface area contributed by atoms with Crippen molar-refractivity contribution in [2.75, 3.05) is 5.73 Å². The number of hydrogen-bond donors (Lipinski definition) is 2. The first kappa shape index (κ1) is 5.61. The number of nitrogens with zero attached hydrogens (tertiary/aromatic N) is 1. The van der Waals surface area contributed by atoms with Crippen LogP contribution in [0.25, 0.3) is 0 Å². The molecule has 0 radical (unpaired) electrons. The van der Waals surface area contributed by atoms with Crippen molar-refractivity contribution < 1.29 is 14.3 Å². The van der Waals surface area contributed by atoms with E-state index in [0.717, 1.165) is 6.20 Å². The van der Waals surface area contributed by atoms with Crippen LogP contribution in [0.4, 0.5) is 5.88 Å². The molecule has 0 aliphatic heterocycles. The molecule has 0 aromatic carbocycles. The predicted octanol–water partition coefficient (Wildman–Crippen LogP) is -0.0450. The highest BCUT2D eigenvalue weighted by Crippen LogP contribution is 2.02. The Labute approximate surface area is 50.1 Å². The lowest BCUT2D eigenvalue weighted by molar-refractivity contribution is 0.0655. The number of aromatic carboxylic acids is 1. The van der Waals surface area contributed by atoms with Crippen molar-refractivity contribution in [3.05, 3.63) is 12.1 Å². The summed E-state index contributed by atoms with van der Waals surface area (Å²) in [6.07, 6.45) is 1.14. The van der Waals surface area contributed by atoms with Gasteiger partial charge in [0.25, 0.3) is 0 Å². The number of oxazole rings is 1. The highest BCUT2D eigenvalue weighted by molar-refractivity contribution is 5.82. The number of carbonyl (C=O) groups is 1. The van der Waals surface area contributed by atoms with Gasteiger partial charge in [-0.1, -0.05) is 0 Å². The van der Waals surface area contributed by atoms with E-state index >= 15 is 0 Å². The Morgan fingerprint density at radius 3 is 2.78 bits per heavy atom. The lowest BCUT2D eigenvalue weighted by Crippen LogP contribution is -1.94. The van der Waals surface area contributed by atoms with E-state index in [-0.39, 0.29) is 11.8 Å². The first-order valence-corrected chi connectivity index (χ1v) is 2.15. The maximum Gasteiger partial charge on any atom is 0.392 e. The molecule has 9 heavy (non-hydrogen) atoms. The second-order valence-corrected chi connectivity index (χ2v) is 1.37. The lowest BCUT2D eigenvalue weighted by Gasteiger charge is -1.79. The third kappa shape index (κ3) is 0.987. The van der Waals surface area contributed by atoms with Gasteiger partial charge in [-0.2, -0.15) is 0 Å². The van der Waals surface area contributed by atoms with Gasteiger partial charge in [0.1, 0.15) is 0 Å². The Morgan fingerprint density at radius 2 is 2.56 bits per heavy atom. The number of aromatic nitrogens is 1. The van der Waals surface area contributed by atoms with Crippen molar-refractivity contribution in [3.8, 4) is 0 Å². The van der Waals surface area contributed by atoms with E-state index in [4.69, 9.17) is 10.8 Å². The topological polar surface area (TPSA) is 89.3 Å². The Kier molecular flexibility index (Phi) is 1.11. The Hall–Kier alpha value is -1.52. The van der Waals surface area contributed by atoms with Gasteiger partial charge < -0.3 is 15.3 Å². The van der Waals surface area contributed by atoms with E-state index in [2.05, 4.69) is 9.40 Å². The minimum Gasteiger partial charge on any atom is -0.474 e. The smallest absolute Gasteiger partial charge is 0.392 e. The number of carboxylic acids is 1. The fraction of sp³-hybridized carbons (Fsp3) is 0. The van der Waals surface area contributed by atoms with Crippen molar-refractivity contribution in [2.45, 2.75) is 0 Å². The van der Waals surface area contributed by atoms with Crippen molar-refractivity contribution in [3.63, 3.8) is 0 Å². The third-order valence-electron chi connectivity index (χ3n) is 0.707. The van der Waals surface area contributed by atoms with E-state index in [1.807, 2.05) is 0 Å². The Bertz CT molecular complexity index is 229. The molecule has 0 unspecified atom stereocenters. The molecule has 0 amide bonds. The van der Waals surface area contributed by atoms with Crippen LogP contribution in [0.2, 0.25) is 0 Å². The van der Waals surface area contributed by atoms with Crippen molar-refractivity contribution in [1.29, 1.82) is 0 Å². The molecule has 0 atom stereocenters. The molecule has 0 fully saturated rings. The fourth-order valence-corrected chi connectivity index (χ4v) is 0.385. The molecule has 1 rings (SSSR count). The fourth-order valence-electron chi connectivity index (χ4n) is 0.385. The molecule has 48 valence electrons. The van der Waals surface area contributed by atoms with E-state index in [1.54, 1.807) is 0 Å². The van der Waals surface area contributed by atoms with Crippen LogP contribution < -0.4 is 5.73 Å². The normalized spacial score (nSPS) is 9.33. The summed E-state index contributed by atoms with van der Waals surface area (Å²) in [7, 11) is 0. The number of carboxylic acid groups (broad SMARTS) is 1. The summed E-state index contributed by atoms with van der Waals surface area (Å²) < 4.78 is 4.41. The second-order valence-electron chi connectivity index (χ2n) is 1.37. The molecule has 1 heterocycles. The van der Waals surface area contributed by atoms with Crippen LogP contribution in [-0.2, 0) is 0 Å². The summed E-state index contributed by atoms with van der Waals surface area (Å²) in [5.74, 6) is -1.59. The standard InChI is InChI=1S/C4H4N2O3/c5-2-1-6-3(9-2)4(7)8/h1H,5H2,(H,7,8). The van der Waals surface area contributed by atoms with Crippen LogP contribution in [0.1, 0.15) is 10.7 Å². The molecule has 1 aromatic rings. The molecule has 0 saturated carbocycles. The largest absolute Gasteiger partial charge is 0.474 e. The lowest BCUT2D eigenvalue weighted by atomic mass is 10.7. The van der Waals surface area contributed by atoms with Gasteiger partial charge in [0.05, 0.1) is 6.20 Å². The molecule has 0 saturated heterocycles. The third-order valence-corrected chi connectivity index (χ3v) is 0.707. The molecule has 0 aliphatic carbocycles. The zero-order valence-electron chi connectivity index (χ0n) is 4.37. The van der Waals surface area contributed by atoms with Crippen molar-refractivity contribution in [1.82, 2.24) is 4.98 Å². The average Bonchev–Trinajstić information content (AvgIpc) is 2.14. The SMILES string of the molecule is Nc1cnc(C(=O)O)o1. The highest BCUT2D eigenvalue weighted by atomic mass is 16.4. The van der Waals surface area contributed by atoms with Gasteiger partial charge in [0, 0.05) is 0 Å². The van der Waals surface area contributed by atoms with E-state index in [0.29, 0.717) is 0 Å². The van der Waals surface area contributed by atoms with Gasteiger partial charge in [-0.05, 0) is 0 Å². The van der Waals surface area contributed by atoms with Crippen molar-refractivity contribution in [2.24, 2.45) is 0 Å². The first-order valence-electron chi connectivity index (χ1n) is 2.15. The summed E-state index contributed by atoms with van der Waals surface area (Å²) >= 11 is 0. The minimum atomic E-state index is -1.22. The van der Waals surface area contributed by atoms with Crippen LogP contribution in [0.5, 0.6) is 0 Å². The number of hydrogen-bond acceptors (Lipinski definition) is 4. The van der Waals surface area contributed by atoms with Gasteiger partial charge in [-0.3, -0.25) is 0 Å². The highest BCUT2D eigenvalue weighted by Gasteiger charge is 2.07. The maximum absolute atomic E-state index is 10.0. The van der Waals surface area contributed by atoms with Gasteiger partial charge in [0.15, 0.2) is 0 Å². The average molecular weight is 128 g/mol. The van der Waals surface area contributed by atoms with E-state index in [1.165, 1.54) is 0 Å². The van der Waals surface area contributed by atoms with Gasteiger partial charge >= 0.3 is 11.9 Å². The zero-order valence-corrected chi connectivity index (χ0v) is 4.37. The monoisotopic (exact) mass is 128 g/mol. The zero-order chi connectivity index (χ0) is 6.85. The van der Waals surface area contributed by atoms with Crippen LogP contribution in [-0.4, -0.2) is 16.1 Å². The summed E-state index contributed by atoms with van der Waals surface area (Å²) in [6.45, 7) is 0. The summed E-state index contributed by atoms with van der Waals surface area (Å²) in [5, 5.41) is 8.19. The first-order chi connectivity index (χ1) is 4.20. The summed E-state index contributed by atoms with van der Waals surface area (Å²) in [4.78, 5) is 13.3. The van der Waals surface area contributed by atoms with Gasteiger partial charge in [-0.25, -0.2) is 9.78 Å². The minimum absolute atomic E-state index is 0.00685. The predicted molar refractivity (Wildman–Crippen MR) is 27.9 cm³/mol. The molecule has 0 aliphatic rings. The second kappa shape index (κ2) is 1.77. The molecule has 0 spiro atoms. The number of nitrogens with two attached hydrogens (primary N) is 1. The van der Waals surface area contributed by atoms with E-state index < -0.39 is 5.97 Å². The number of anilines is 1. The van der Waals surface area contributed by atoms with Crippen LogP contribution in [0.15, 0.2) is 10.6 Å². The van der Waals surface area contributed by atoms with Crippen LogP contribution in [0, 0.1) is 0 Å². The summed E-state index contributed by atoms with van der Waals surface area (Å²) in [6, 6.07) is 0. The Morgan fingerprint density at radius 1 is 1.89 bits per heavy atom. The van der Waals surface area contributed by atoms with Gasteiger partial charge in [-0.15, -0.1) is 0 Å². The van der Waals surface area contributed by atoms with Gasteiger partial charge in [0.2, 0.25) is 5.88 Å². The molecule has 5 heteroatoms. The molecular weight excluding hydrogens is 124 g/mol. The van der Waals surface area contributed by atoms with Crippen LogP contribution in [0.3, 0.4) is 0 Å². The van der Waals surface area contributed by atoms with E-state index in [9.17, 15) is 4.79 Å². The molecule has 0 bridgehead atoms. The molecule has 1 aromatic heterocycles. The molecule has 5 nitrogen and oxygen atoms in total. The van der Waals surface area contributed by atoms with Crippen molar-refractivity contribution >= 4 is 11.9 Å². The molecule has 3 N–H and O–H groups in total. The Balaban J connectivity index is 2.98. The summed E-state index contributed by atoms with van der Waals surface area (Å²) in [5.41, 5.74) is 5.02. The molecular formula is C4H4N2O3. The van der Waals surface area contributed by atoms with Crippen LogP contribution >= 0.6 is 0 Å². The quantitative estimate of drug-likeness (QED) is 0.553. The number of nitrogen functional groups attached to an aromatic ring is 1.